The van der Waals surface area contributed by atoms with Crippen LogP contribution in [-0.2, 0) is 4.79 Å². The Balaban J connectivity index is 2.63. The van der Waals surface area contributed by atoms with Crippen molar-refractivity contribution in [3.05, 3.63) is 23.0 Å². The first-order valence-corrected chi connectivity index (χ1v) is 6.58. The molecule has 2 aromatic rings. The van der Waals surface area contributed by atoms with Crippen molar-refractivity contribution in [2.24, 2.45) is 0 Å². The summed E-state index contributed by atoms with van der Waals surface area (Å²) in [5.74, 6) is 0.660. The monoisotopic (exact) mass is 279 g/mol. The second-order valence-electron chi connectivity index (χ2n) is 4.17. The minimum atomic E-state index is -0.372. The molecule has 1 atom stereocenters. The van der Waals surface area contributed by atoms with Crippen molar-refractivity contribution in [1.82, 2.24) is 14.9 Å². The van der Waals surface area contributed by atoms with Crippen molar-refractivity contribution in [2.75, 3.05) is 13.7 Å². The lowest BCUT2D eigenvalue weighted by atomic mass is 10.2. The van der Waals surface area contributed by atoms with Gasteiger partial charge in [0.15, 0.2) is 4.77 Å². The number of fused-ring (bicyclic) bond motifs is 1. The third kappa shape index (κ3) is 2.35. The third-order valence-electron chi connectivity index (χ3n) is 3.03. The van der Waals surface area contributed by atoms with E-state index in [9.17, 15) is 4.79 Å². The van der Waals surface area contributed by atoms with Crippen molar-refractivity contribution < 1.29 is 9.53 Å². The summed E-state index contributed by atoms with van der Waals surface area (Å²) in [4.78, 5) is 14.9. The molecule has 2 N–H and O–H groups in total. The molecule has 0 bridgehead atoms. The Labute approximate surface area is 116 Å². The highest BCUT2D eigenvalue weighted by atomic mass is 32.1. The van der Waals surface area contributed by atoms with Crippen LogP contribution in [0, 0.1) is 4.77 Å². The van der Waals surface area contributed by atoms with Gasteiger partial charge in [-0.05, 0) is 38.2 Å². The molecule has 0 fully saturated rings. The lowest BCUT2D eigenvalue weighted by Gasteiger charge is -2.13. The number of rotatable bonds is 4. The number of carbonyl (C=O) groups is 1. The number of aromatic nitrogens is 2. The molecule has 0 spiro atoms. The van der Waals surface area contributed by atoms with Crippen molar-refractivity contribution in [2.45, 2.75) is 19.9 Å². The van der Waals surface area contributed by atoms with Crippen LogP contribution in [0.3, 0.4) is 0 Å². The van der Waals surface area contributed by atoms with Crippen LogP contribution in [-0.4, -0.2) is 29.1 Å². The zero-order chi connectivity index (χ0) is 14.0. The van der Waals surface area contributed by atoms with Gasteiger partial charge >= 0.3 is 0 Å². The Hall–Kier alpha value is -1.82. The smallest absolute Gasteiger partial charge is 0.242 e. The van der Waals surface area contributed by atoms with Gasteiger partial charge in [0, 0.05) is 7.05 Å². The summed E-state index contributed by atoms with van der Waals surface area (Å²) in [6, 6.07) is 5.32. The van der Waals surface area contributed by atoms with Gasteiger partial charge in [0.25, 0.3) is 0 Å². The highest BCUT2D eigenvalue weighted by molar-refractivity contribution is 7.71. The molecule has 0 aliphatic heterocycles. The lowest BCUT2D eigenvalue weighted by Crippen LogP contribution is -2.27. The van der Waals surface area contributed by atoms with Gasteiger partial charge in [0.05, 0.1) is 12.1 Å². The minimum absolute atomic E-state index is 0.0844. The van der Waals surface area contributed by atoms with Crippen LogP contribution < -0.4 is 10.1 Å². The SMILES string of the molecule is CCOc1cccc2c1[nH]c(=S)n2C(C)C(=O)NC. The first-order chi connectivity index (χ1) is 9.10. The molecule has 5 nitrogen and oxygen atoms in total. The van der Waals surface area contributed by atoms with Crippen LogP contribution >= 0.6 is 12.2 Å². The Kier molecular flexibility index (Phi) is 3.90. The van der Waals surface area contributed by atoms with Gasteiger partial charge in [-0.3, -0.25) is 4.79 Å². The van der Waals surface area contributed by atoms with Gasteiger partial charge in [-0.25, -0.2) is 0 Å². The number of hydrogen-bond donors (Lipinski definition) is 2. The molecule has 1 aromatic carbocycles. The van der Waals surface area contributed by atoms with E-state index >= 15 is 0 Å². The number of hydrogen-bond acceptors (Lipinski definition) is 3. The maximum atomic E-state index is 11.8. The van der Waals surface area contributed by atoms with E-state index in [1.807, 2.05) is 32.0 Å². The van der Waals surface area contributed by atoms with Crippen LogP contribution in [0.25, 0.3) is 11.0 Å². The summed E-state index contributed by atoms with van der Waals surface area (Å²) in [5.41, 5.74) is 1.69. The predicted molar refractivity (Wildman–Crippen MR) is 77.1 cm³/mol. The fourth-order valence-electron chi connectivity index (χ4n) is 2.11. The molecule has 0 aliphatic carbocycles. The second kappa shape index (κ2) is 5.44. The van der Waals surface area contributed by atoms with E-state index in [4.69, 9.17) is 17.0 Å². The van der Waals surface area contributed by atoms with E-state index in [2.05, 4.69) is 10.3 Å². The molecule has 102 valence electrons. The summed E-state index contributed by atoms with van der Waals surface area (Å²) >= 11 is 5.31. The van der Waals surface area contributed by atoms with Crippen molar-refractivity contribution in [1.29, 1.82) is 0 Å². The van der Waals surface area contributed by atoms with E-state index in [1.165, 1.54) is 0 Å². The lowest BCUT2D eigenvalue weighted by molar-refractivity contribution is -0.123. The van der Waals surface area contributed by atoms with Crippen molar-refractivity contribution >= 4 is 29.2 Å². The summed E-state index contributed by atoms with van der Waals surface area (Å²) < 4.78 is 7.87. The van der Waals surface area contributed by atoms with E-state index < -0.39 is 0 Å². The van der Waals surface area contributed by atoms with E-state index in [0.717, 1.165) is 16.8 Å². The Morgan fingerprint density at radius 3 is 2.95 bits per heavy atom. The molecule has 1 unspecified atom stereocenters. The molecular weight excluding hydrogens is 262 g/mol. The molecule has 0 radical (unpaired) electrons. The first kappa shape index (κ1) is 13.6. The van der Waals surface area contributed by atoms with Gasteiger partial charge in [-0.1, -0.05) is 6.07 Å². The van der Waals surface area contributed by atoms with Gasteiger partial charge in [0.2, 0.25) is 5.91 Å². The van der Waals surface area contributed by atoms with Crippen LogP contribution in [0.5, 0.6) is 5.75 Å². The van der Waals surface area contributed by atoms with Crippen LogP contribution in [0.2, 0.25) is 0 Å². The molecule has 0 saturated heterocycles. The number of carbonyl (C=O) groups excluding carboxylic acids is 1. The van der Waals surface area contributed by atoms with E-state index in [0.29, 0.717) is 11.4 Å². The molecule has 1 aromatic heterocycles. The zero-order valence-corrected chi connectivity index (χ0v) is 12.0. The van der Waals surface area contributed by atoms with Gasteiger partial charge in [0.1, 0.15) is 17.3 Å². The molecule has 1 amide bonds. The predicted octanol–water partition coefficient (Wildman–Crippen LogP) is 2.40. The van der Waals surface area contributed by atoms with Gasteiger partial charge in [-0.2, -0.15) is 0 Å². The molecule has 0 saturated carbocycles. The fourth-order valence-corrected chi connectivity index (χ4v) is 2.47. The Morgan fingerprint density at radius 2 is 2.32 bits per heavy atom. The number of H-pyrrole nitrogens is 1. The first-order valence-electron chi connectivity index (χ1n) is 6.17. The quantitative estimate of drug-likeness (QED) is 0.845. The highest BCUT2D eigenvalue weighted by Gasteiger charge is 2.18. The van der Waals surface area contributed by atoms with E-state index in [1.54, 1.807) is 11.6 Å². The molecule has 6 heteroatoms. The number of aromatic amines is 1. The van der Waals surface area contributed by atoms with Gasteiger partial charge < -0.3 is 19.6 Å². The largest absolute Gasteiger partial charge is 0.492 e. The molecule has 2 rings (SSSR count). The summed E-state index contributed by atoms with van der Waals surface area (Å²) in [5, 5.41) is 2.63. The molecule has 0 aliphatic rings. The van der Waals surface area contributed by atoms with E-state index in [-0.39, 0.29) is 11.9 Å². The number of nitrogens with zero attached hydrogens (tertiary/aromatic N) is 1. The molecule has 1 heterocycles. The maximum Gasteiger partial charge on any atom is 0.242 e. The van der Waals surface area contributed by atoms with Crippen molar-refractivity contribution in [3.63, 3.8) is 0 Å². The number of nitrogens with one attached hydrogen (secondary N) is 2. The maximum absolute atomic E-state index is 11.8. The normalized spacial score (nSPS) is 12.4. The fraction of sp³-hybridized carbons (Fsp3) is 0.385. The number of imidazole rings is 1. The number of amides is 1. The summed E-state index contributed by atoms with van der Waals surface area (Å²) in [6.07, 6.45) is 0. The van der Waals surface area contributed by atoms with Crippen LogP contribution in [0.15, 0.2) is 18.2 Å². The topological polar surface area (TPSA) is 59.0 Å². The number of likely N-dealkylation sites (N-methyl/N-ethyl adjacent to an activating group) is 1. The average Bonchev–Trinajstić information content (AvgIpc) is 2.74. The zero-order valence-electron chi connectivity index (χ0n) is 11.2. The minimum Gasteiger partial charge on any atom is -0.492 e. The number of para-hydroxylation sites is 1. The second-order valence-corrected chi connectivity index (χ2v) is 4.56. The van der Waals surface area contributed by atoms with Crippen LogP contribution in [0.1, 0.15) is 19.9 Å². The van der Waals surface area contributed by atoms with Gasteiger partial charge in [-0.15, -0.1) is 0 Å². The van der Waals surface area contributed by atoms with Crippen LogP contribution in [0.4, 0.5) is 0 Å². The average molecular weight is 279 g/mol. The number of ether oxygens (including phenoxy) is 1. The summed E-state index contributed by atoms with van der Waals surface area (Å²) in [6.45, 7) is 4.32. The van der Waals surface area contributed by atoms with Crippen molar-refractivity contribution in [3.8, 4) is 5.75 Å². The molecule has 19 heavy (non-hydrogen) atoms. The third-order valence-corrected chi connectivity index (χ3v) is 3.33. The Bertz CT molecular complexity index is 659. The highest BCUT2D eigenvalue weighted by Crippen LogP contribution is 2.27. The molecular formula is C13H17N3O2S. The Morgan fingerprint density at radius 1 is 1.58 bits per heavy atom. The standard InChI is InChI=1S/C13H17N3O2S/c1-4-18-10-7-5-6-9-11(10)15-13(19)16(9)8(2)12(17)14-3/h5-8H,4H2,1-3H3,(H,14,17)(H,15,19). The summed E-state index contributed by atoms with van der Waals surface area (Å²) in [7, 11) is 1.61. The number of benzene rings is 1.